The first-order chi connectivity index (χ1) is 7.55. The molecular weight excluding hydrogens is 232 g/mol. The molecule has 0 bridgehead atoms. The van der Waals surface area contributed by atoms with Crippen molar-refractivity contribution < 1.29 is 12.9 Å². The van der Waals surface area contributed by atoms with Crippen LogP contribution in [0.5, 0.6) is 0 Å². The van der Waals surface area contributed by atoms with Crippen LogP contribution < -0.4 is 10.0 Å². The first-order valence-corrected chi connectivity index (χ1v) is 6.74. The molecule has 0 amide bonds. The first-order valence-electron chi connectivity index (χ1n) is 5.09. The van der Waals surface area contributed by atoms with Crippen LogP contribution in [0.15, 0.2) is 4.52 Å². The zero-order valence-electron chi connectivity index (χ0n) is 8.93. The molecule has 1 aromatic heterocycles. The van der Waals surface area contributed by atoms with E-state index in [9.17, 15) is 8.42 Å². The lowest BCUT2D eigenvalue weighted by molar-refractivity contribution is 0.429. The summed E-state index contributed by atoms with van der Waals surface area (Å²) in [7, 11) is -3.41. The minimum absolute atomic E-state index is 0.0153. The van der Waals surface area contributed by atoms with E-state index >= 15 is 0 Å². The van der Waals surface area contributed by atoms with Crippen molar-refractivity contribution in [3.63, 3.8) is 0 Å². The summed E-state index contributed by atoms with van der Waals surface area (Å²) >= 11 is 0. The maximum absolute atomic E-state index is 11.7. The van der Waals surface area contributed by atoms with Crippen LogP contribution >= 0.6 is 0 Å². The Morgan fingerprint density at radius 2 is 2.44 bits per heavy atom. The van der Waals surface area contributed by atoms with Gasteiger partial charge in [0, 0.05) is 6.04 Å². The molecule has 0 radical (unpaired) electrons. The fourth-order valence-corrected chi connectivity index (χ4v) is 2.92. The highest BCUT2D eigenvalue weighted by Gasteiger charge is 2.23. The summed E-state index contributed by atoms with van der Waals surface area (Å²) in [5.74, 6) is 0.436. The van der Waals surface area contributed by atoms with Gasteiger partial charge in [0.15, 0.2) is 5.82 Å². The number of aromatic nitrogens is 2. The van der Waals surface area contributed by atoms with Gasteiger partial charge < -0.3 is 9.84 Å². The van der Waals surface area contributed by atoms with E-state index in [0.29, 0.717) is 5.82 Å². The Morgan fingerprint density at radius 1 is 1.62 bits per heavy atom. The summed E-state index contributed by atoms with van der Waals surface area (Å²) in [4.78, 5) is 3.78. The quantitative estimate of drug-likeness (QED) is 0.768. The lowest BCUT2D eigenvalue weighted by Gasteiger charge is -2.09. The molecule has 0 spiro atoms. The van der Waals surface area contributed by atoms with E-state index in [1.165, 1.54) is 0 Å². The van der Waals surface area contributed by atoms with Gasteiger partial charge in [-0.15, -0.1) is 0 Å². The Morgan fingerprint density at radius 3 is 3.00 bits per heavy atom. The van der Waals surface area contributed by atoms with Crippen LogP contribution in [-0.2, 0) is 10.0 Å². The maximum atomic E-state index is 11.7. The van der Waals surface area contributed by atoms with Gasteiger partial charge in [-0.05, 0) is 26.3 Å². The van der Waals surface area contributed by atoms with E-state index in [1.54, 1.807) is 6.92 Å². The Hall–Kier alpha value is -1.15. The SMILES string of the molecule is Cc1noc(NS(=O)(=O)CC2CCCN2)n1. The molecule has 1 aliphatic rings. The van der Waals surface area contributed by atoms with Crippen molar-refractivity contribution in [3.05, 3.63) is 5.82 Å². The summed E-state index contributed by atoms with van der Waals surface area (Å²) in [6.45, 7) is 2.50. The van der Waals surface area contributed by atoms with Gasteiger partial charge in [-0.1, -0.05) is 5.16 Å². The monoisotopic (exact) mass is 246 g/mol. The number of nitrogens with one attached hydrogen (secondary N) is 2. The standard InChI is InChI=1S/C8H14N4O3S/c1-6-10-8(15-11-6)12-16(13,14)5-7-3-2-4-9-7/h7,9H,2-5H2,1H3,(H,10,11,12). The van der Waals surface area contributed by atoms with E-state index in [1.807, 2.05) is 0 Å². The van der Waals surface area contributed by atoms with E-state index in [4.69, 9.17) is 4.52 Å². The summed E-state index contributed by atoms with van der Waals surface area (Å²) in [6, 6.07) is -0.0583. The number of sulfonamides is 1. The molecule has 16 heavy (non-hydrogen) atoms. The van der Waals surface area contributed by atoms with Crippen LogP contribution in [-0.4, -0.2) is 36.9 Å². The Bertz CT molecular complexity index is 450. The minimum Gasteiger partial charge on any atom is -0.314 e. The minimum atomic E-state index is -3.41. The number of hydrogen-bond acceptors (Lipinski definition) is 6. The highest BCUT2D eigenvalue weighted by molar-refractivity contribution is 7.92. The molecule has 8 heteroatoms. The highest BCUT2D eigenvalue weighted by Crippen LogP contribution is 2.10. The first kappa shape index (κ1) is 11.3. The van der Waals surface area contributed by atoms with Crippen LogP contribution in [0.25, 0.3) is 0 Å². The molecule has 1 unspecified atom stereocenters. The predicted octanol–water partition coefficient (Wildman–Crippen LogP) is -0.128. The molecular formula is C8H14N4O3S. The Kier molecular flexibility index (Phi) is 3.10. The van der Waals surface area contributed by atoms with Gasteiger partial charge in [0.25, 0.3) is 0 Å². The second kappa shape index (κ2) is 4.38. The number of hydrogen-bond donors (Lipinski definition) is 2. The van der Waals surface area contributed by atoms with Crippen molar-refractivity contribution in [3.8, 4) is 0 Å². The van der Waals surface area contributed by atoms with Gasteiger partial charge in [0.2, 0.25) is 10.0 Å². The fraction of sp³-hybridized carbons (Fsp3) is 0.750. The second-order valence-electron chi connectivity index (χ2n) is 3.82. The summed E-state index contributed by atoms with van der Waals surface area (Å²) < 4.78 is 30.3. The third kappa shape index (κ3) is 2.92. The molecule has 2 rings (SSSR count). The van der Waals surface area contributed by atoms with Crippen molar-refractivity contribution in [1.82, 2.24) is 15.5 Å². The highest BCUT2D eigenvalue weighted by atomic mass is 32.2. The summed E-state index contributed by atoms with van der Waals surface area (Å²) in [5.41, 5.74) is 0. The Labute approximate surface area is 93.7 Å². The van der Waals surface area contributed by atoms with Crippen molar-refractivity contribution in [2.24, 2.45) is 0 Å². The van der Waals surface area contributed by atoms with Gasteiger partial charge >= 0.3 is 6.01 Å². The van der Waals surface area contributed by atoms with Crippen LogP contribution in [0.2, 0.25) is 0 Å². The van der Waals surface area contributed by atoms with Crippen LogP contribution in [0, 0.1) is 6.92 Å². The number of aryl methyl sites for hydroxylation is 1. The lowest BCUT2D eigenvalue weighted by atomic mass is 10.3. The van der Waals surface area contributed by atoms with Gasteiger partial charge in [0.05, 0.1) is 5.75 Å². The molecule has 90 valence electrons. The van der Waals surface area contributed by atoms with Gasteiger partial charge in [0.1, 0.15) is 0 Å². The van der Waals surface area contributed by atoms with Gasteiger partial charge in [-0.25, -0.2) is 13.1 Å². The molecule has 1 atom stereocenters. The van der Waals surface area contributed by atoms with Crippen LogP contribution in [0.1, 0.15) is 18.7 Å². The number of rotatable bonds is 4. The molecule has 0 aromatic carbocycles. The second-order valence-corrected chi connectivity index (χ2v) is 5.59. The number of anilines is 1. The van der Waals surface area contributed by atoms with Crippen molar-refractivity contribution >= 4 is 16.0 Å². The predicted molar refractivity (Wildman–Crippen MR) is 57.5 cm³/mol. The molecule has 2 heterocycles. The molecule has 0 aliphatic carbocycles. The largest absolute Gasteiger partial charge is 0.335 e. The smallest absolute Gasteiger partial charge is 0.314 e. The number of nitrogens with zero attached hydrogens (tertiary/aromatic N) is 2. The normalized spacial score (nSPS) is 21.2. The molecule has 1 aromatic rings. The maximum Gasteiger partial charge on any atom is 0.335 e. The van der Waals surface area contributed by atoms with E-state index in [2.05, 4.69) is 20.2 Å². The average Bonchev–Trinajstić information content (AvgIpc) is 2.76. The van der Waals surface area contributed by atoms with Crippen LogP contribution in [0.3, 0.4) is 0 Å². The molecule has 0 saturated carbocycles. The van der Waals surface area contributed by atoms with E-state index < -0.39 is 10.0 Å². The van der Waals surface area contributed by atoms with Crippen LogP contribution in [0.4, 0.5) is 6.01 Å². The summed E-state index contributed by atoms with van der Waals surface area (Å²) in [6.07, 6.45) is 1.89. The van der Waals surface area contributed by atoms with Crippen molar-refractivity contribution in [1.29, 1.82) is 0 Å². The molecule has 1 aliphatic heterocycles. The van der Waals surface area contributed by atoms with E-state index in [-0.39, 0.29) is 17.8 Å². The van der Waals surface area contributed by atoms with Crippen molar-refractivity contribution in [2.75, 3.05) is 17.0 Å². The topological polar surface area (TPSA) is 97.1 Å². The Balaban J connectivity index is 1.96. The molecule has 1 saturated heterocycles. The van der Waals surface area contributed by atoms with E-state index in [0.717, 1.165) is 19.4 Å². The van der Waals surface area contributed by atoms with Gasteiger partial charge in [-0.2, -0.15) is 4.98 Å². The zero-order chi connectivity index (χ0) is 11.6. The fourth-order valence-electron chi connectivity index (χ4n) is 1.68. The molecule has 2 N–H and O–H groups in total. The van der Waals surface area contributed by atoms with Crippen molar-refractivity contribution in [2.45, 2.75) is 25.8 Å². The molecule has 1 fully saturated rings. The van der Waals surface area contributed by atoms with Gasteiger partial charge in [-0.3, -0.25) is 0 Å². The average molecular weight is 246 g/mol. The zero-order valence-corrected chi connectivity index (χ0v) is 9.75. The third-order valence-corrected chi connectivity index (χ3v) is 3.68. The molecule has 7 nitrogen and oxygen atoms in total. The third-order valence-electron chi connectivity index (χ3n) is 2.35. The lowest BCUT2D eigenvalue weighted by Crippen LogP contribution is -2.32. The summed E-state index contributed by atoms with van der Waals surface area (Å²) in [5, 5.41) is 6.62.